The second-order valence-electron chi connectivity index (χ2n) is 1.88. The predicted octanol–water partition coefficient (Wildman–Crippen LogP) is 2.04. The molecule has 3 heteroatoms. The lowest BCUT2D eigenvalue weighted by atomic mass is 10.3. The fourth-order valence-corrected chi connectivity index (χ4v) is 1.39. The van der Waals surface area contributed by atoms with Crippen molar-refractivity contribution in [2.45, 2.75) is 6.92 Å². The van der Waals surface area contributed by atoms with E-state index in [4.69, 9.17) is 0 Å². The number of thiophene rings is 1. The van der Waals surface area contributed by atoms with Crippen molar-refractivity contribution < 1.29 is 4.84 Å². The molecule has 0 spiro atoms. The summed E-state index contributed by atoms with van der Waals surface area (Å²) in [7, 11) is 1.54. The third-order valence-corrected chi connectivity index (χ3v) is 2.13. The van der Waals surface area contributed by atoms with E-state index in [1.807, 2.05) is 12.3 Å². The topological polar surface area (TPSA) is 21.6 Å². The minimum atomic E-state index is 1.15. The lowest BCUT2D eigenvalue weighted by molar-refractivity contribution is 0.215. The molecule has 1 rings (SSSR count). The molecule has 10 heavy (non-hydrogen) atoms. The molecule has 1 heterocycles. The largest absolute Gasteiger partial charge is 0.399 e. The summed E-state index contributed by atoms with van der Waals surface area (Å²) < 4.78 is 0. The average Bonchev–Trinajstić information content (AvgIpc) is 2.31. The zero-order valence-electron chi connectivity index (χ0n) is 6.00. The second kappa shape index (κ2) is 3.37. The summed E-state index contributed by atoms with van der Waals surface area (Å²) in [5, 5.41) is 5.69. The minimum absolute atomic E-state index is 1.15. The van der Waals surface area contributed by atoms with Crippen LogP contribution in [0.25, 0.3) is 0 Å². The first-order valence-electron chi connectivity index (χ1n) is 2.95. The minimum Gasteiger partial charge on any atom is -0.399 e. The number of oxime groups is 1. The Morgan fingerprint density at radius 1 is 1.70 bits per heavy atom. The number of rotatable bonds is 2. The third kappa shape index (κ3) is 1.57. The Morgan fingerprint density at radius 3 is 3.00 bits per heavy atom. The van der Waals surface area contributed by atoms with Gasteiger partial charge in [0.2, 0.25) is 0 Å². The highest BCUT2D eigenvalue weighted by Gasteiger charge is 1.93. The van der Waals surface area contributed by atoms with Crippen molar-refractivity contribution in [2.24, 2.45) is 5.16 Å². The Kier molecular flexibility index (Phi) is 2.45. The molecule has 0 aliphatic carbocycles. The Hall–Kier alpha value is -0.830. The molecule has 0 aliphatic heterocycles. The van der Waals surface area contributed by atoms with E-state index in [-0.39, 0.29) is 0 Å². The molecular formula is C7H9NOS. The molecule has 0 aliphatic rings. The third-order valence-electron chi connectivity index (χ3n) is 1.18. The van der Waals surface area contributed by atoms with E-state index in [0.29, 0.717) is 0 Å². The first kappa shape index (κ1) is 7.28. The number of nitrogens with zero attached hydrogens (tertiary/aromatic N) is 1. The monoisotopic (exact) mass is 155 g/mol. The smallest absolute Gasteiger partial charge is 0.106 e. The van der Waals surface area contributed by atoms with Crippen LogP contribution >= 0.6 is 11.3 Å². The molecule has 54 valence electrons. The zero-order valence-corrected chi connectivity index (χ0v) is 6.81. The standard InChI is InChI=1S/C7H9NOS/c1-6-3-4-10-7(6)5-8-9-2/h3-5H,1-2H3. The SMILES string of the molecule is CON=Cc1sccc1C. The van der Waals surface area contributed by atoms with Gasteiger partial charge in [-0.2, -0.15) is 0 Å². The fourth-order valence-electron chi connectivity index (χ4n) is 0.617. The van der Waals surface area contributed by atoms with Gasteiger partial charge in [-0.25, -0.2) is 0 Å². The molecule has 0 unspecified atom stereocenters. The van der Waals surface area contributed by atoms with Crippen LogP contribution in [-0.2, 0) is 4.84 Å². The van der Waals surface area contributed by atoms with E-state index in [1.165, 1.54) is 5.56 Å². The highest BCUT2D eigenvalue weighted by atomic mass is 32.1. The lowest BCUT2D eigenvalue weighted by Crippen LogP contribution is -1.78. The maximum Gasteiger partial charge on any atom is 0.106 e. The van der Waals surface area contributed by atoms with Gasteiger partial charge in [-0.3, -0.25) is 0 Å². The van der Waals surface area contributed by atoms with Crippen LogP contribution in [-0.4, -0.2) is 13.3 Å². The lowest BCUT2D eigenvalue weighted by Gasteiger charge is -1.86. The van der Waals surface area contributed by atoms with E-state index < -0.39 is 0 Å². The van der Waals surface area contributed by atoms with Crippen LogP contribution in [0.1, 0.15) is 10.4 Å². The molecule has 1 aromatic rings. The van der Waals surface area contributed by atoms with Crippen molar-refractivity contribution >= 4 is 17.6 Å². The van der Waals surface area contributed by atoms with Crippen LogP contribution in [0, 0.1) is 6.92 Å². The van der Waals surface area contributed by atoms with Gasteiger partial charge in [0.05, 0.1) is 11.1 Å². The van der Waals surface area contributed by atoms with Crippen LogP contribution in [0.4, 0.5) is 0 Å². The van der Waals surface area contributed by atoms with Crippen LogP contribution in [0.3, 0.4) is 0 Å². The van der Waals surface area contributed by atoms with Crippen molar-refractivity contribution in [1.82, 2.24) is 0 Å². The summed E-state index contributed by atoms with van der Waals surface area (Å²) in [6, 6.07) is 2.06. The van der Waals surface area contributed by atoms with Crippen molar-refractivity contribution in [2.75, 3.05) is 7.11 Å². The van der Waals surface area contributed by atoms with Crippen LogP contribution in [0.2, 0.25) is 0 Å². The van der Waals surface area contributed by atoms with E-state index in [0.717, 1.165) is 4.88 Å². The Balaban J connectivity index is 2.74. The summed E-state index contributed by atoms with van der Waals surface area (Å²) in [6.45, 7) is 2.05. The maximum atomic E-state index is 4.55. The summed E-state index contributed by atoms with van der Waals surface area (Å²) in [6.07, 6.45) is 1.72. The van der Waals surface area contributed by atoms with Crippen LogP contribution in [0.5, 0.6) is 0 Å². The first-order chi connectivity index (χ1) is 4.84. The Bertz CT molecular complexity index is 229. The van der Waals surface area contributed by atoms with Gasteiger partial charge in [0.15, 0.2) is 0 Å². The van der Waals surface area contributed by atoms with Crippen LogP contribution in [0.15, 0.2) is 16.6 Å². The van der Waals surface area contributed by atoms with Crippen molar-refractivity contribution in [3.8, 4) is 0 Å². The molecule has 0 bridgehead atoms. The van der Waals surface area contributed by atoms with Crippen molar-refractivity contribution in [1.29, 1.82) is 0 Å². The highest BCUT2D eigenvalue weighted by Crippen LogP contribution is 2.12. The second-order valence-corrected chi connectivity index (χ2v) is 2.83. The van der Waals surface area contributed by atoms with Crippen LogP contribution < -0.4 is 0 Å². The molecule has 0 saturated carbocycles. The van der Waals surface area contributed by atoms with Gasteiger partial charge >= 0.3 is 0 Å². The Labute approximate surface area is 64.1 Å². The van der Waals surface area contributed by atoms with E-state index in [9.17, 15) is 0 Å². The molecule has 0 atom stereocenters. The van der Waals surface area contributed by atoms with E-state index in [2.05, 4.69) is 16.1 Å². The van der Waals surface area contributed by atoms with Gasteiger partial charge < -0.3 is 4.84 Å². The Morgan fingerprint density at radius 2 is 2.50 bits per heavy atom. The van der Waals surface area contributed by atoms with E-state index in [1.54, 1.807) is 24.7 Å². The van der Waals surface area contributed by atoms with Crippen molar-refractivity contribution in [3.05, 3.63) is 21.9 Å². The molecule has 1 aromatic heterocycles. The summed E-state index contributed by atoms with van der Waals surface area (Å²) in [4.78, 5) is 5.70. The summed E-state index contributed by atoms with van der Waals surface area (Å²) >= 11 is 1.66. The highest BCUT2D eigenvalue weighted by molar-refractivity contribution is 7.11. The molecule has 0 saturated heterocycles. The quantitative estimate of drug-likeness (QED) is 0.473. The van der Waals surface area contributed by atoms with Gasteiger partial charge in [-0.1, -0.05) is 5.16 Å². The molecule has 0 radical (unpaired) electrons. The molecule has 0 aromatic carbocycles. The molecular weight excluding hydrogens is 146 g/mol. The van der Waals surface area contributed by atoms with E-state index >= 15 is 0 Å². The number of aryl methyl sites for hydroxylation is 1. The molecule has 2 nitrogen and oxygen atoms in total. The average molecular weight is 155 g/mol. The molecule has 0 fully saturated rings. The van der Waals surface area contributed by atoms with Gasteiger partial charge in [0.1, 0.15) is 7.11 Å². The fraction of sp³-hybridized carbons (Fsp3) is 0.286. The zero-order chi connectivity index (χ0) is 7.40. The number of hydrogen-bond acceptors (Lipinski definition) is 3. The normalized spacial score (nSPS) is 10.6. The maximum absolute atomic E-state index is 4.55. The molecule has 0 amide bonds. The summed E-state index contributed by atoms with van der Waals surface area (Å²) in [5.41, 5.74) is 1.24. The van der Waals surface area contributed by atoms with Gasteiger partial charge in [0.25, 0.3) is 0 Å². The van der Waals surface area contributed by atoms with Gasteiger partial charge in [-0.15, -0.1) is 11.3 Å². The number of hydrogen-bond donors (Lipinski definition) is 0. The first-order valence-corrected chi connectivity index (χ1v) is 3.83. The molecule has 0 N–H and O–H groups in total. The van der Waals surface area contributed by atoms with Crippen molar-refractivity contribution in [3.63, 3.8) is 0 Å². The summed E-state index contributed by atoms with van der Waals surface area (Å²) in [5.74, 6) is 0. The van der Waals surface area contributed by atoms with Gasteiger partial charge in [-0.05, 0) is 23.9 Å². The predicted molar refractivity (Wildman–Crippen MR) is 43.7 cm³/mol. The van der Waals surface area contributed by atoms with Gasteiger partial charge in [0, 0.05) is 0 Å².